The summed E-state index contributed by atoms with van der Waals surface area (Å²) in [5.74, 6) is 0.713. The van der Waals surface area contributed by atoms with E-state index in [4.69, 9.17) is 23.2 Å². The Morgan fingerprint density at radius 1 is 1.38 bits per heavy atom. The third-order valence-electron chi connectivity index (χ3n) is 2.46. The minimum atomic E-state index is 0.713. The molecule has 4 heteroatoms. The van der Waals surface area contributed by atoms with Crippen molar-refractivity contribution >= 4 is 39.1 Å². The molecule has 0 radical (unpaired) electrons. The van der Waals surface area contributed by atoms with Crippen LogP contribution in [-0.2, 0) is 6.54 Å². The van der Waals surface area contributed by atoms with Crippen LogP contribution in [0, 0.1) is 0 Å². The van der Waals surface area contributed by atoms with Crippen LogP contribution in [-0.4, -0.2) is 23.9 Å². The first kappa shape index (κ1) is 14.3. The topological polar surface area (TPSA) is 3.24 Å². The summed E-state index contributed by atoms with van der Waals surface area (Å²) in [4.78, 5) is 2.34. The molecule has 1 nitrogen and oxygen atoms in total. The monoisotopic (exact) mass is 323 g/mol. The SMILES string of the molecule is CCN(CCCCl)Cc1ccc(Br)cc1Cl. The Bertz CT molecular complexity index is 331. The van der Waals surface area contributed by atoms with Crippen LogP contribution >= 0.6 is 39.1 Å². The third-order valence-corrected chi connectivity index (χ3v) is 3.58. The number of alkyl halides is 1. The van der Waals surface area contributed by atoms with E-state index >= 15 is 0 Å². The highest BCUT2D eigenvalue weighted by atomic mass is 79.9. The van der Waals surface area contributed by atoms with Gasteiger partial charge in [-0.2, -0.15) is 0 Å². The summed E-state index contributed by atoms with van der Waals surface area (Å²) in [5.41, 5.74) is 1.17. The Hall–Kier alpha value is 0.240. The number of benzene rings is 1. The van der Waals surface area contributed by atoms with Crippen molar-refractivity contribution in [2.45, 2.75) is 19.9 Å². The number of halogens is 3. The second-order valence-corrected chi connectivity index (χ2v) is 5.35. The molecule has 0 aliphatic rings. The molecule has 0 heterocycles. The molecule has 1 rings (SSSR count). The van der Waals surface area contributed by atoms with Crippen molar-refractivity contribution in [2.24, 2.45) is 0 Å². The van der Waals surface area contributed by atoms with Crippen LogP contribution in [0.3, 0.4) is 0 Å². The molecule has 0 aliphatic carbocycles. The molecule has 0 bridgehead atoms. The fourth-order valence-corrected chi connectivity index (χ4v) is 2.38. The summed E-state index contributed by atoms with van der Waals surface area (Å²) in [6, 6.07) is 6.03. The maximum Gasteiger partial charge on any atom is 0.0462 e. The molecule has 0 aromatic heterocycles. The number of rotatable bonds is 6. The molecule has 0 N–H and O–H groups in total. The first-order valence-corrected chi connectivity index (χ1v) is 7.10. The molecule has 1 aromatic carbocycles. The quantitative estimate of drug-likeness (QED) is 0.694. The average molecular weight is 325 g/mol. The minimum Gasteiger partial charge on any atom is -0.299 e. The lowest BCUT2D eigenvalue weighted by Gasteiger charge is -2.20. The van der Waals surface area contributed by atoms with Crippen molar-refractivity contribution in [3.63, 3.8) is 0 Å². The lowest BCUT2D eigenvalue weighted by atomic mass is 10.2. The van der Waals surface area contributed by atoms with Crippen molar-refractivity contribution < 1.29 is 0 Å². The Balaban J connectivity index is 2.62. The molecular formula is C12H16BrCl2N. The summed E-state index contributed by atoms with van der Waals surface area (Å²) in [7, 11) is 0. The van der Waals surface area contributed by atoms with E-state index in [0.717, 1.165) is 35.6 Å². The molecule has 0 spiro atoms. The van der Waals surface area contributed by atoms with Crippen LogP contribution in [0.25, 0.3) is 0 Å². The Labute approximate surface area is 116 Å². The molecular weight excluding hydrogens is 309 g/mol. The predicted molar refractivity (Wildman–Crippen MR) is 75.4 cm³/mol. The number of hydrogen-bond donors (Lipinski definition) is 0. The predicted octanol–water partition coefficient (Wildman–Crippen LogP) is 4.55. The molecule has 0 saturated carbocycles. The van der Waals surface area contributed by atoms with Crippen molar-refractivity contribution in [3.05, 3.63) is 33.3 Å². The van der Waals surface area contributed by atoms with E-state index in [9.17, 15) is 0 Å². The largest absolute Gasteiger partial charge is 0.299 e. The van der Waals surface area contributed by atoms with Gasteiger partial charge < -0.3 is 0 Å². The van der Waals surface area contributed by atoms with Gasteiger partial charge in [0.15, 0.2) is 0 Å². The summed E-state index contributed by atoms with van der Waals surface area (Å²) in [6.45, 7) is 5.08. The zero-order chi connectivity index (χ0) is 12.0. The fraction of sp³-hybridized carbons (Fsp3) is 0.500. The molecule has 0 amide bonds. The summed E-state index contributed by atoms with van der Waals surface area (Å²) in [6.07, 6.45) is 1.02. The van der Waals surface area contributed by atoms with Gasteiger partial charge in [0.25, 0.3) is 0 Å². The van der Waals surface area contributed by atoms with Gasteiger partial charge in [-0.3, -0.25) is 4.90 Å². The highest BCUT2D eigenvalue weighted by Crippen LogP contribution is 2.22. The van der Waals surface area contributed by atoms with E-state index in [1.807, 2.05) is 12.1 Å². The van der Waals surface area contributed by atoms with Gasteiger partial charge in [-0.05, 0) is 37.2 Å². The molecule has 16 heavy (non-hydrogen) atoms. The highest BCUT2D eigenvalue weighted by molar-refractivity contribution is 9.10. The van der Waals surface area contributed by atoms with Gasteiger partial charge in [-0.15, -0.1) is 11.6 Å². The molecule has 0 saturated heterocycles. The van der Waals surface area contributed by atoms with E-state index < -0.39 is 0 Å². The smallest absolute Gasteiger partial charge is 0.0462 e. The minimum absolute atomic E-state index is 0.713. The van der Waals surface area contributed by atoms with Crippen molar-refractivity contribution in [1.82, 2.24) is 4.90 Å². The van der Waals surface area contributed by atoms with Crippen LogP contribution in [0.5, 0.6) is 0 Å². The lowest BCUT2D eigenvalue weighted by molar-refractivity contribution is 0.281. The first-order valence-electron chi connectivity index (χ1n) is 5.39. The zero-order valence-corrected chi connectivity index (χ0v) is 12.4. The average Bonchev–Trinajstić information content (AvgIpc) is 2.27. The highest BCUT2D eigenvalue weighted by Gasteiger charge is 2.06. The molecule has 0 atom stereocenters. The number of nitrogens with zero attached hydrogens (tertiary/aromatic N) is 1. The molecule has 1 aromatic rings. The summed E-state index contributed by atoms with van der Waals surface area (Å²) in [5, 5.41) is 0.818. The molecule has 0 unspecified atom stereocenters. The van der Waals surface area contributed by atoms with E-state index in [2.05, 4.69) is 33.8 Å². The van der Waals surface area contributed by atoms with E-state index in [0.29, 0.717) is 5.88 Å². The summed E-state index contributed by atoms with van der Waals surface area (Å²) >= 11 is 15.3. The molecule has 0 aliphatic heterocycles. The van der Waals surface area contributed by atoms with Gasteiger partial charge in [0.05, 0.1) is 0 Å². The second kappa shape index (κ2) is 7.54. The van der Waals surface area contributed by atoms with Crippen LogP contribution in [0.1, 0.15) is 18.9 Å². The normalized spacial score (nSPS) is 11.1. The maximum absolute atomic E-state index is 6.18. The lowest BCUT2D eigenvalue weighted by Crippen LogP contribution is -2.24. The standard InChI is InChI=1S/C12H16BrCl2N/c1-2-16(7-3-6-14)9-10-4-5-11(13)8-12(10)15/h4-5,8H,2-3,6-7,9H2,1H3. The van der Waals surface area contributed by atoms with Crippen molar-refractivity contribution in [1.29, 1.82) is 0 Å². The van der Waals surface area contributed by atoms with Crippen LogP contribution < -0.4 is 0 Å². The zero-order valence-electron chi connectivity index (χ0n) is 9.35. The van der Waals surface area contributed by atoms with E-state index in [1.54, 1.807) is 0 Å². The second-order valence-electron chi connectivity index (χ2n) is 3.65. The Morgan fingerprint density at radius 2 is 2.12 bits per heavy atom. The van der Waals surface area contributed by atoms with Gasteiger partial charge in [-0.25, -0.2) is 0 Å². The van der Waals surface area contributed by atoms with Gasteiger partial charge in [0, 0.05) is 21.9 Å². The first-order chi connectivity index (χ1) is 7.67. The van der Waals surface area contributed by atoms with E-state index in [1.165, 1.54) is 5.56 Å². The van der Waals surface area contributed by atoms with Crippen LogP contribution in [0.4, 0.5) is 0 Å². The van der Waals surface area contributed by atoms with Crippen LogP contribution in [0.2, 0.25) is 5.02 Å². The third kappa shape index (κ3) is 4.62. The Morgan fingerprint density at radius 3 is 2.69 bits per heavy atom. The van der Waals surface area contributed by atoms with Crippen molar-refractivity contribution in [3.8, 4) is 0 Å². The van der Waals surface area contributed by atoms with Gasteiger partial charge >= 0.3 is 0 Å². The van der Waals surface area contributed by atoms with Crippen LogP contribution in [0.15, 0.2) is 22.7 Å². The summed E-state index contributed by atoms with van der Waals surface area (Å²) < 4.78 is 1.02. The van der Waals surface area contributed by atoms with Gasteiger partial charge in [-0.1, -0.05) is 40.5 Å². The maximum atomic E-state index is 6.18. The van der Waals surface area contributed by atoms with Crippen molar-refractivity contribution in [2.75, 3.05) is 19.0 Å². The molecule has 90 valence electrons. The van der Waals surface area contributed by atoms with E-state index in [-0.39, 0.29) is 0 Å². The van der Waals surface area contributed by atoms with Gasteiger partial charge in [0.2, 0.25) is 0 Å². The van der Waals surface area contributed by atoms with Gasteiger partial charge in [0.1, 0.15) is 0 Å². The Kier molecular flexibility index (Phi) is 6.74. The molecule has 0 fully saturated rings. The number of hydrogen-bond acceptors (Lipinski definition) is 1. The fourth-order valence-electron chi connectivity index (χ4n) is 1.52.